The van der Waals surface area contributed by atoms with Crippen LogP contribution in [0.1, 0.15) is 41.0 Å². The van der Waals surface area contributed by atoms with Gasteiger partial charge in [-0.05, 0) is 32.0 Å². The third-order valence-electron chi connectivity index (χ3n) is 3.00. The van der Waals surface area contributed by atoms with Crippen molar-refractivity contribution >= 4 is 51.5 Å². The van der Waals surface area contributed by atoms with Crippen molar-refractivity contribution in [2.24, 2.45) is 0 Å². The summed E-state index contributed by atoms with van der Waals surface area (Å²) in [6.07, 6.45) is 0.386. The molecule has 0 unspecified atom stereocenters. The Morgan fingerprint density at radius 1 is 1.25 bits per heavy atom. The average Bonchev–Trinajstić information content (AvgIpc) is 2.38. The highest BCUT2D eigenvalue weighted by molar-refractivity contribution is 8.23. The van der Waals surface area contributed by atoms with Crippen LogP contribution in [0.15, 0.2) is 18.2 Å². The quantitative estimate of drug-likeness (QED) is 0.635. The lowest BCUT2D eigenvalue weighted by molar-refractivity contribution is -0.117. The number of amides is 1. The highest BCUT2D eigenvalue weighted by Crippen LogP contribution is 2.30. The summed E-state index contributed by atoms with van der Waals surface area (Å²) in [5.74, 6) is 0.219. The molecular weight excluding hydrogens is 294 g/mol. The first kappa shape index (κ1) is 14.9. The van der Waals surface area contributed by atoms with Gasteiger partial charge < -0.3 is 0 Å². The normalized spacial score (nSPS) is 15.4. The maximum absolute atomic E-state index is 12.0. The number of anilines is 1. The topological polar surface area (TPSA) is 54.5 Å². The number of rotatable bonds is 3. The second-order valence-corrected chi connectivity index (χ2v) is 6.17. The highest BCUT2D eigenvalue weighted by atomic mass is 32.2. The molecule has 1 saturated heterocycles. The van der Waals surface area contributed by atoms with E-state index in [1.807, 2.05) is 0 Å². The number of carbonyl (C=O) groups is 3. The van der Waals surface area contributed by atoms with Gasteiger partial charge in [-0.2, -0.15) is 0 Å². The van der Waals surface area contributed by atoms with E-state index in [1.54, 1.807) is 12.1 Å². The van der Waals surface area contributed by atoms with Crippen LogP contribution in [0.5, 0.6) is 0 Å². The standard InChI is InChI=1S/C14H13NO3S2/c1-8(16)10-3-4-12(11(7-10)9(2)17)15-13(18)5-6-20-14(15)19/h3-4,7H,5-6H2,1-2H3. The molecule has 1 aromatic rings. The molecule has 1 amide bonds. The molecule has 0 N–H and O–H groups in total. The lowest BCUT2D eigenvalue weighted by Gasteiger charge is -2.28. The minimum Gasteiger partial charge on any atom is -0.295 e. The number of ketones is 2. The zero-order valence-electron chi connectivity index (χ0n) is 11.1. The summed E-state index contributed by atoms with van der Waals surface area (Å²) in [6.45, 7) is 2.85. The van der Waals surface area contributed by atoms with Crippen molar-refractivity contribution in [3.63, 3.8) is 0 Å². The molecule has 0 saturated carbocycles. The molecule has 0 spiro atoms. The number of benzene rings is 1. The van der Waals surface area contributed by atoms with Crippen LogP contribution in [0.25, 0.3) is 0 Å². The Morgan fingerprint density at radius 2 is 1.95 bits per heavy atom. The lowest BCUT2D eigenvalue weighted by atomic mass is 10.0. The van der Waals surface area contributed by atoms with Crippen LogP contribution < -0.4 is 4.90 Å². The van der Waals surface area contributed by atoms with Crippen molar-refractivity contribution in [1.82, 2.24) is 0 Å². The predicted molar refractivity (Wildman–Crippen MR) is 83.6 cm³/mol. The van der Waals surface area contributed by atoms with E-state index < -0.39 is 0 Å². The molecule has 1 aromatic carbocycles. The van der Waals surface area contributed by atoms with E-state index in [4.69, 9.17) is 12.2 Å². The number of hydrogen-bond acceptors (Lipinski definition) is 5. The van der Waals surface area contributed by atoms with Gasteiger partial charge in [0.05, 0.1) is 5.69 Å². The minimum absolute atomic E-state index is 0.119. The Bertz CT molecular complexity index is 609. The Kier molecular flexibility index (Phi) is 4.35. The molecule has 0 bridgehead atoms. The molecule has 6 heteroatoms. The fourth-order valence-corrected chi connectivity index (χ4v) is 3.20. The van der Waals surface area contributed by atoms with Gasteiger partial charge in [0.25, 0.3) is 0 Å². The number of Topliss-reactive ketones (excluding diaryl/α,β-unsaturated/α-hetero) is 2. The molecule has 0 aliphatic carbocycles. The number of carbonyl (C=O) groups excluding carboxylic acids is 3. The van der Waals surface area contributed by atoms with Crippen LogP contribution in [0.4, 0.5) is 5.69 Å². The molecule has 0 radical (unpaired) electrons. The van der Waals surface area contributed by atoms with E-state index in [9.17, 15) is 14.4 Å². The fourth-order valence-electron chi connectivity index (χ4n) is 1.97. The minimum atomic E-state index is -0.200. The summed E-state index contributed by atoms with van der Waals surface area (Å²) in [5, 5.41) is 0. The van der Waals surface area contributed by atoms with Gasteiger partial charge in [0.15, 0.2) is 11.6 Å². The second kappa shape index (κ2) is 5.85. The number of thiocarbonyl (C=S) groups is 1. The van der Waals surface area contributed by atoms with Crippen LogP contribution in [-0.4, -0.2) is 27.5 Å². The van der Waals surface area contributed by atoms with Crippen molar-refractivity contribution in [2.45, 2.75) is 20.3 Å². The van der Waals surface area contributed by atoms with Gasteiger partial charge in [0.1, 0.15) is 4.32 Å². The van der Waals surface area contributed by atoms with Crippen molar-refractivity contribution in [1.29, 1.82) is 0 Å². The maximum atomic E-state index is 12.0. The first-order valence-corrected chi connectivity index (χ1v) is 7.47. The molecule has 4 nitrogen and oxygen atoms in total. The van der Waals surface area contributed by atoms with E-state index in [0.717, 1.165) is 0 Å². The van der Waals surface area contributed by atoms with Gasteiger partial charge in [-0.1, -0.05) is 24.0 Å². The van der Waals surface area contributed by atoms with Crippen LogP contribution in [0.3, 0.4) is 0 Å². The zero-order chi connectivity index (χ0) is 14.9. The van der Waals surface area contributed by atoms with E-state index in [0.29, 0.717) is 33.3 Å². The van der Waals surface area contributed by atoms with E-state index in [2.05, 4.69) is 0 Å². The van der Waals surface area contributed by atoms with Crippen LogP contribution in [-0.2, 0) is 4.79 Å². The second-order valence-electron chi connectivity index (χ2n) is 4.44. The van der Waals surface area contributed by atoms with Gasteiger partial charge in [-0.15, -0.1) is 0 Å². The zero-order valence-corrected chi connectivity index (χ0v) is 12.8. The summed E-state index contributed by atoms with van der Waals surface area (Å²) in [7, 11) is 0. The van der Waals surface area contributed by atoms with Crippen molar-refractivity contribution in [3.05, 3.63) is 29.3 Å². The predicted octanol–water partition coefficient (Wildman–Crippen LogP) is 2.85. The lowest BCUT2D eigenvalue weighted by Crippen LogP contribution is -2.38. The van der Waals surface area contributed by atoms with E-state index in [1.165, 1.54) is 36.6 Å². The number of thioether (sulfide) groups is 1. The van der Waals surface area contributed by atoms with Crippen LogP contribution in [0, 0.1) is 0 Å². The van der Waals surface area contributed by atoms with Gasteiger partial charge >= 0.3 is 0 Å². The van der Waals surface area contributed by atoms with E-state index >= 15 is 0 Å². The molecule has 20 heavy (non-hydrogen) atoms. The van der Waals surface area contributed by atoms with E-state index in [-0.39, 0.29) is 17.5 Å². The summed E-state index contributed by atoms with van der Waals surface area (Å²) in [6, 6.07) is 4.75. The number of nitrogens with zero attached hydrogens (tertiary/aromatic N) is 1. The smallest absolute Gasteiger partial charge is 0.233 e. The summed E-state index contributed by atoms with van der Waals surface area (Å²) < 4.78 is 0.444. The van der Waals surface area contributed by atoms with Crippen LogP contribution >= 0.6 is 24.0 Å². The average molecular weight is 307 g/mol. The third-order valence-corrected chi connectivity index (χ3v) is 4.37. The molecule has 1 fully saturated rings. The number of hydrogen-bond donors (Lipinski definition) is 0. The molecule has 2 rings (SSSR count). The molecule has 1 aliphatic rings. The first-order chi connectivity index (χ1) is 9.41. The van der Waals surface area contributed by atoms with Gasteiger partial charge in [0.2, 0.25) is 5.91 Å². The largest absolute Gasteiger partial charge is 0.295 e. The van der Waals surface area contributed by atoms with Crippen molar-refractivity contribution in [3.8, 4) is 0 Å². The summed E-state index contributed by atoms with van der Waals surface area (Å²) in [5.41, 5.74) is 1.25. The Balaban J connectivity index is 2.55. The Labute approximate surface area is 126 Å². The molecule has 0 atom stereocenters. The van der Waals surface area contributed by atoms with Crippen LogP contribution in [0.2, 0.25) is 0 Å². The van der Waals surface area contributed by atoms with Gasteiger partial charge in [-0.25, -0.2) is 0 Å². The Morgan fingerprint density at radius 3 is 2.50 bits per heavy atom. The maximum Gasteiger partial charge on any atom is 0.233 e. The molecular formula is C14H13NO3S2. The highest BCUT2D eigenvalue weighted by Gasteiger charge is 2.28. The van der Waals surface area contributed by atoms with Gasteiger partial charge in [-0.3, -0.25) is 19.3 Å². The SMILES string of the molecule is CC(=O)c1ccc(N2C(=O)CCSC2=S)c(C(C)=O)c1. The van der Waals surface area contributed by atoms with Crippen molar-refractivity contribution < 1.29 is 14.4 Å². The molecule has 0 aromatic heterocycles. The first-order valence-electron chi connectivity index (χ1n) is 6.07. The molecule has 1 aliphatic heterocycles. The van der Waals surface area contributed by atoms with Gasteiger partial charge in [0, 0.05) is 23.3 Å². The monoisotopic (exact) mass is 307 g/mol. The van der Waals surface area contributed by atoms with Crippen molar-refractivity contribution in [2.75, 3.05) is 10.7 Å². The molecule has 104 valence electrons. The molecule has 1 heterocycles. The third kappa shape index (κ3) is 2.81. The fraction of sp³-hybridized carbons (Fsp3) is 0.286. The Hall–Kier alpha value is -1.53. The summed E-state index contributed by atoms with van der Waals surface area (Å²) in [4.78, 5) is 36.7. The summed E-state index contributed by atoms with van der Waals surface area (Å²) >= 11 is 6.62.